The summed E-state index contributed by atoms with van der Waals surface area (Å²) in [5.74, 6) is 0.205. The number of hydrogen-bond donors (Lipinski definition) is 2. The molecule has 1 aliphatic carbocycles. The van der Waals surface area contributed by atoms with Crippen LogP contribution in [-0.4, -0.2) is 101 Å². The van der Waals surface area contributed by atoms with Crippen LogP contribution in [0.3, 0.4) is 0 Å². The lowest BCUT2D eigenvalue weighted by atomic mass is 9.90. The number of likely N-dealkylation sites (tertiary alicyclic amines) is 1. The maximum atomic E-state index is 15.5. The van der Waals surface area contributed by atoms with Gasteiger partial charge < -0.3 is 29.6 Å². The number of piperidine rings is 1. The highest BCUT2D eigenvalue weighted by Gasteiger charge is 2.48. The number of imidazole rings is 1. The van der Waals surface area contributed by atoms with Gasteiger partial charge in [0.25, 0.3) is 11.8 Å². The van der Waals surface area contributed by atoms with Crippen LogP contribution in [0.5, 0.6) is 5.88 Å². The van der Waals surface area contributed by atoms with Crippen LogP contribution in [0.4, 0.5) is 25.2 Å². The summed E-state index contributed by atoms with van der Waals surface area (Å²) in [6.07, 6.45) is 3.70. The Morgan fingerprint density at radius 3 is 2.64 bits per heavy atom. The molecule has 3 aliphatic heterocycles. The monoisotopic (exact) mass is 582 g/mol. The summed E-state index contributed by atoms with van der Waals surface area (Å²) < 4.78 is 42.1. The molecule has 2 N–H and O–H groups in total. The SMILES string of the molecule is CN(C)CCc1nc2c(F)c3c(c(F)c2[nH]1)CC(CN1CCC2(CC1)CN(c1cnc4c(n1)NC(=O)CO4)C(=O)O2)C3. The van der Waals surface area contributed by atoms with E-state index in [9.17, 15) is 9.59 Å². The molecule has 1 atom stereocenters. The molecule has 0 radical (unpaired) electrons. The number of ether oxygens (including phenoxy) is 2. The third-order valence-electron chi connectivity index (χ3n) is 8.71. The van der Waals surface area contributed by atoms with E-state index in [1.54, 1.807) is 0 Å². The van der Waals surface area contributed by atoms with E-state index in [-0.39, 0.29) is 52.8 Å². The minimum absolute atomic E-state index is 0.0867. The average molecular weight is 583 g/mol. The number of amides is 2. The van der Waals surface area contributed by atoms with Crippen molar-refractivity contribution in [1.29, 1.82) is 0 Å². The van der Waals surface area contributed by atoms with E-state index >= 15 is 8.78 Å². The standard InChI is InChI=1S/C28H32F2N8O4/c1-36(2)6-3-18-32-23-21(29)16-9-15(10-17(16)22(30)24(23)33-18)12-37-7-4-28(5-8-37)14-38(27(40)42-28)19-11-31-26-25(34-19)35-20(39)13-41-26/h11,15H,3-10,12-14H2,1-2H3,(H,32,33)(H,34,35,39). The van der Waals surface area contributed by atoms with E-state index in [2.05, 4.69) is 30.2 Å². The van der Waals surface area contributed by atoms with Crippen LogP contribution in [0, 0.1) is 17.6 Å². The van der Waals surface area contributed by atoms with Crippen molar-refractivity contribution < 1.29 is 27.8 Å². The highest BCUT2D eigenvalue weighted by molar-refractivity contribution is 5.94. The van der Waals surface area contributed by atoms with Crippen molar-refractivity contribution in [1.82, 2.24) is 29.7 Å². The number of fused-ring (bicyclic) bond motifs is 3. The molecule has 1 aromatic carbocycles. The first-order chi connectivity index (χ1) is 20.2. The summed E-state index contributed by atoms with van der Waals surface area (Å²) in [6.45, 7) is 3.01. The lowest BCUT2D eigenvalue weighted by Gasteiger charge is -2.38. The molecule has 2 fully saturated rings. The Balaban J connectivity index is 0.983. The number of anilines is 2. The lowest BCUT2D eigenvalue weighted by Crippen LogP contribution is -2.48. The minimum Gasteiger partial charge on any atom is -0.465 e. The molecule has 12 nitrogen and oxygen atoms in total. The predicted molar refractivity (Wildman–Crippen MR) is 148 cm³/mol. The second-order valence-electron chi connectivity index (χ2n) is 12.0. The molecule has 3 aromatic rings. The van der Waals surface area contributed by atoms with E-state index in [4.69, 9.17) is 9.47 Å². The van der Waals surface area contributed by atoms with Gasteiger partial charge >= 0.3 is 6.09 Å². The number of nitrogens with zero attached hydrogens (tertiary/aromatic N) is 6. The quantitative estimate of drug-likeness (QED) is 0.450. The maximum Gasteiger partial charge on any atom is 0.416 e. The zero-order valence-corrected chi connectivity index (χ0v) is 23.5. The fourth-order valence-electron chi connectivity index (χ4n) is 6.51. The molecule has 0 saturated carbocycles. The zero-order valence-electron chi connectivity index (χ0n) is 23.5. The van der Waals surface area contributed by atoms with E-state index in [0.29, 0.717) is 75.2 Å². The Hall–Kier alpha value is -3.91. The van der Waals surface area contributed by atoms with Crippen LogP contribution in [0.1, 0.15) is 29.8 Å². The summed E-state index contributed by atoms with van der Waals surface area (Å²) in [5.41, 5.74) is 0.487. The first-order valence-electron chi connectivity index (χ1n) is 14.2. The highest BCUT2D eigenvalue weighted by Crippen LogP contribution is 2.39. The third kappa shape index (κ3) is 4.71. The van der Waals surface area contributed by atoms with Gasteiger partial charge in [0.05, 0.1) is 12.7 Å². The number of nitrogens with one attached hydrogen (secondary N) is 2. The average Bonchev–Trinajstić information content (AvgIpc) is 3.67. The fourth-order valence-corrected chi connectivity index (χ4v) is 6.51. The van der Waals surface area contributed by atoms with Crippen molar-refractivity contribution in [3.8, 4) is 5.88 Å². The van der Waals surface area contributed by atoms with Crippen molar-refractivity contribution in [2.24, 2.45) is 5.92 Å². The number of rotatable bonds is 6. The molecule has 1 unspecified atom stereocenters. The van der Waals surface area contributed by atoms with Gasteiger partial charge in [-0.05, 0) is 44.0 Å². The van der Waals surface area contributed by atoms with E-state index in [1.165, 1.54) is 11.1 Å². The summed E-state index contributed by atoms with van der Waals surface area (Å²) >= 11 is 0. The molecule has 2 amide bonds. The minimum atomic E-state index is -0.656. The molecule has 14 heteroatoms. The Kier molecular flexibility index (Phi) is 6.50. The number of likely N-dealkylation sites (N-methyl/N-ethyl adjacent to an activating group) is 1. The van der Waals surface area contributed by atoms with Crippen LogP contribution in [-0.2, 0) is 28.8 Å². The van der Waals surface area contributed by atoms with Gasteiger partial charge in [-0.2, -0.15) is 0 Å². The predicted octanol–water partition coefficient (Wildman–Crippen LogP) is 2.27. The normalized spacial score (nSPS) is 20.3. The fraction of sp³-hybridized carbons (Fsp3) is 0.536. The van der Waals surface area contributed by atoms with Gasteiger partial charge in [-0.25, -0.2) is 28.5 Å². The molecule has 4 aliphatic rings. The maximum absolute atomic E-state index is 15.5. The van der Waals surface area contributed by atoms with Gasteiger partial charge in [0.15, 0.2) is 29.9 Å². The molecule has 0 bridgehead atoms. The van der Waals surface area contributed by atoms with E-state index in [1.807, 2.05) is 19.0 Å². The number of H-pyrrole nitrogens is 1. The topological polar surface area (TPSA) is 129 Å². The van der Waals surface area contributed by atoms with Crippen LogP contribution in [0.2, 0.25) is 0 Å². The number of halogens is 2. The number of aromatic nitrogens is 4. The van der Waals surface area contributed by atoms with Crippen molar-refractivity contribution in [2.75, 3.05) is 63.6 Å². The van der Waals surface area contributed by atoms with Crippen LogP contribution in [0.25, 0.3) is 11.0 Å². The van der Waals surface area contributed by atoms with Gasteiger partial charge in [-0.3, -0.25) is 9.69 Å². The van der Waals surface area contributed by atoms with Gasteiger partial charge in [0.2, 0.25) is 0 Å². The third-order valence-corrected chi connectivity index (χ3v) is 8.71. The van der Waals surface area contributed by atoms with Crippen LogP contribution in [0.15, 0.2) is 6.20 Å². The van der Waals surface area contributed by atoms with Gasteiger partial charge in [-0.1, -0.05) is 0 Å². The molecule has 1 spiro atoms. The van der Waals surface area contributed by atoms with Gasteiger partial charge in [0.1, 0.15) is 22.5 Å². The summed E-state index contributed by atoms with van der Waals surface area (Å²) in [4.78, 5) is 46.1. The van der Waals surface area contributed by atoms with Crippen molar-refractivity contribution >= 4 is 34.7 Å². The van der Waals surface area contributed by atoms with E-state index in [0.717, 1.165) is 6.54 Å². The largest absolute Gasteiger partial charge is 0.465 e. The van der Waals surface area contributed by atoms with Crippen LogP contribution >= 0.6 is 0 Å². The van der Waals surface area contributed by atoms with Gasteiger partial charge in [-0.15, -0.1) is 0 Å². The summed E-state index contributed by atoms with van der Waals surface area (Å²) in [5, 5.41) is 2.61. The van der Waals surface area contributed by atoms with Crippen LogP contribution < -0.4 is 15.0 Å². The smallest absolute Gasteiger partial charge is 0.416 e. The molecule has 5 heterocycles. The number of benzene rings is 1. The number of carbonyl (C=O) groups excluding carboxylic acids is 2. The molecule has 42 heavy (non-hydrogen) atoms. The second kappa shape index (κ2) is 10.1. The number of carbonyl (C=O) groups is 2. The molecular formula is C28H32F2N8O4. The summed E-state index contributed by atoms with van der Waals surface area (Å²) in [7, 11) is 3.89. The van der Waals surface area contributed by atoms with Crippen molar-refractivity contribution in [3.05, 3.63) is 34.8 Å². The Bertz CT molecular complexity index is 1540. The highest BCUT2D eigenvalue weighted by atomic mass is 19.1. The Morgan fingerprint density at radius 1 is 1.12 bits per heavy atom. The zero-order chi connectivity index (χ0) is 29.2. The lowest BCUT2D eigenvalue weighted by molar-refractivity contribution is -0.118. The molecule has 222 valence electrons. The number of hydrogen-bond acceptors (Lipinski definition) is 9. The Morgan fingerprint density at radius 2 is 1.88 bits per heavy atom. The van der Waals surface area contributed by atoms with Crippen molar-refractivity contribution in [2.45, 2.75) is 37.7 Å². The van der Waals surface area contributed by atoms with Gasteiger partial charge in [0, 0.05) is 45.4 Å². The first-order valence-corrected chi connectivity index (χ1v) is 14.2. The first kappa shape index (κ1) is 27.0. The van der Waals surface area contributed by atoms with E-state index < -0.39 is 17.5 Å². The number of aromatic amines is 1. The second-order valence-corrected chi connectivity index (χ2v) is 12.0. The molecule has 2 saturated heterocycles. The molecular weight excluding hydrogens is 550 g/mol. The molecule has 7 rings (SSSR count). The Labute approximate surface area is 240 Å². The van der Waals surface area contributed by atoms with Crippen molar-refractivity contribution in [3.63, 3.8) is 0 Å². The molecule has 2 aromatic heterocycles. The summed E-state index contributed by atoms with van der Waals surface area (Å²) in [6, 6.07) is 0.